The van der Waals surface area contributed by atoms with E-state index < -0.39 is 0 Å². The van der Waals surface area contributed by atoms with E-state index in [2.05, 4.69) is 34.3 Å². The Morgan fingerprint density at radius 1 is 1.26 bits per heavy atom. The number of nitrogens with one attached hydrogen (secondary N) is 2. The van der Waals surface area contributed by atoms with E-state index in [0.717, 1.165) is 44.0 Å². The summed E-state index contributed by atoms with van der Waals surface area (Å²) in [4.78, 5) is 7.09. The molecule has 0 aliphatic rings. The third-order valence-corrected chi connectivity index (χ3v) is 2.85. The van der Waals surface area contributed by atoms with Gasteiger partial charge < -0.3 is 15.0 Å². The first-order chi connectivity index (χ1) is 9.38. The largest absolute Gasteiger partial charge is 0.494 e. The minimum absolute atomic E-state index is 0.780. The van der Waals surface area contributed by atoms with Crippen molar-refractivity contribution >= 4 is 0 Å². The molecule has 0 radical (unpaired) electrons. The Morgan fingerprint density at radius 3 is 2.79 bits per heavy atom. The molecule has 0 unspecified atom stereocenters. The minimum Gasteiger partial charge on any atom is -0.494 e. The van der Waals surface area contributed by atoms with Gasteiger partial charge in [-0.05, 0) is 24.1 Å². The minimum atomic E-state index is 0.780. The van der Waals surface area contributed by atoms with E-state index in [9.17, 15) is 0 Å². The van der Waals surface area contributed by atoms with Gasteiger partial charge in [-0.25, -0.2) is 4.98 Å². The molecule has 19 heavy (non-hydrogen) atoms. The summed E-state index contributed by atoms with van der Waals surface area (Å²) in [5.74, 6) is 0.947. The summed E-state index contributed by atoms with van der Waals surface area (Å²) in [6, 6.07) is 8.27. The van der Waals surface area contributed by atoms with Crippen molar-refractivity contribution in [3.8, 4) is 5.75 Å². The molecule has 0 amide bonds. The Bertz CT molecular complexity index is 451. The third-order valence-electron chi connectivity index (χ3n) is 2.85. The Kier molecular flexibility index (Phi) is 5.44. The van der Waals surface area contributed by atoms with Crippen LogP contribution in [-0.2, 0) is 13.0 Å². The van der Waals surface area contributed by atoms with Crippen molar-refractivity contribution in [3.63, 3.8) is 0 Å². The van der Waals surface area contributed by atoms with Crippen molar-refractivity contribution in [2.75, 3.05) is 13.2 Å². The van der Waals surface area contributed by atoms with Gasteiger partial charge in [-0.3, -0.25) is 0 Å². The summed E-state index contributed by atoms with van der Waals surface area (Å²) < 4.78 is 5.55. The average molecular weight is 259 g/mol. The zero-order valence-corrected chi connectivity index (χ0v) is 11.4. The fourth-order valence-electron chi connectivity index (χ4n) is 1.80. The van der Waals surface area contributed by atoms with E-state index in [1.54, 1.807) is 6.33 Å². The predicted molar refractivity (Wildman–Crippen MR) is 76.2 cm³/mol. The second kappa shape index (κ2) is 7.59. The molecule has 4 nitrogen and oxygen atoms in total. The topological polar surface area (TPSA) is 49.9 Å². The van der Waals surface area contributed by atoms with Gasteiger partial charge >= 0.3 is 0 Å². The molecule has 0 saturated carbocycles. The average Bonchev–Trinajstić information content (AvgIpc) is 2.96. The summed E-state index contributed by atoms with van der Waals surface area (Å²) in [6.45, 7) is 4.71. The van der Waals surface area contributed by atoms with Crippen LogP contribution in [0.4, 0.5) is 0 Å². The Hall–Kier alpha value is -1.81. The predicted octanol–water partition coefficient (Wildman–Crippen LogP) is 2.53. The smallest absolute Gasteiger partial charge is 0.119 e. The lowest BCUT2D eigenvalue weighted by molar-refractivity contribution is 0.317. The monoisotopic (exact) mass is 259 g/mol. The number of benzene rings is 1. The molecule has 0 aliphatic carbocycles. The lowest BCUT2D eigenvalue weighted by Crippen LogP contribution is -2.16. The van der Waals surface area contributed by atoms with Crippen LogP contribution in [0.3, 0.4) is 0 Å². The quantitative estimate of drug-likeness (QED) is 0.716. The van der Waals surface area contributed by atoms with Crippen molar-refractivity contribution < 1.29 is 4.74 Å². The van der Waals surface area contributed by atoms with E-state index >= 15 is 0 Å². The van der Waals surface area contributed by atoms with Gasteiger partial charge in [-0.2, -0.15) is 0 Å². The van der Waals surface area contributed by atoms with Crippen molar-refractivity contribution in [1.29, 1.82) is 0 Å². The highest BCUT2D eigenvalue weighted by molar-refractivity contribution is 5.27. The van der Waals surface area contributed by atoms with Crippen LogP contribution in [0.2, 0.25) is 0 Å². The van der Waals surface area contributed by atoms with Gasteiger partial charge in [0, 0.05) is 31.4 Å². The van der Waals surface area contributed by atoms with Gasteiger partial charge in [-0.15, -0.1) is 0 Å². The second-order valence-corrected chi connectivity index (χ2v) is 4.50. The molecular formula is C15H21N3O. The maximum Gasteiger partial charge on any atom is 0.119 e. The Labute approximate surface area is 114 Å². The molecule has 1 heterocycles. The first kappa shape index (κ1) is 13.6. The molecule has 2 rings (SSSR count). The van der Waals surface area contributed by atoms with Crippen molar-refractivity contribution in [2.45, 2.75) is 26.3 Å². The normalized spacial score (nSPS) is 10.6. The summed E-state index contributed by atoms with van der Waals surface area (Å²) in [7, 11) is 0. The molecule has 0 spiro atoms. The van der Waals surface area contributed by atoms with Crippen LogP contribution in [-0.4, -0.2) is 23.1 Å². The maximum absolute atomic E-state index is 5.55. The van der Waals surface area contributed by atoms with Gasteiger partial charge in [-0.1, -0.05) is 19.1 Å². The van der Waals surface area contributed by atoms with Gasteiger partial charge in [0.1, 0.15) is 5.75 Å². The van der Waals surface area contributed by atoms with Crippen LogP contribution >= 0.6 is 0 Å². The summed E-state index contributed by atoms with van der Waals surface area (Å²) in [5.41, 5.74) is 2.43. The number of hydrogen-bond donors (Lipinski definition) is 2. The Morgan fingerprint density at radius 2 is 2.11 bits per heavy atom. The highest BCUT2D eigenvalue weighted by Crippen LogP contribution is 2.12. The number of nitrogens with zero attached hydrogens (tertiary/aromatic N) is 1. The standard InChI is InChI=1S/C15H21N3O/c1-2-9-19-15-5-3-13(4-6-15)10-16-8-7-14-11-17-12-18-14/h3-6,11-12,16H,2,7-10H2,1H3,(H,17,18). The summed E-state index contributed by atoms with van der Waals surface area (Å²) >= 11 is 0. The number of hydrogen-bond acceptors (Lipinski definition) is 3. The number of rotatable bonds is 8. The van der Waals surface area contributed by atoms with Gasteiger partial charge in [0.15, 0.2) is 0 Å². The van der Waals surface area contributed by atoms with Crippen molar-refractivity contribution in [2.24, 2.45) is 0 Å². The molecule has 0 atom stereocenters. The number of aromatic nitrogens is 2. The molecule has 0 aliphatic heterocycles. The van der Waals surface area contributed by atoms with E-state index in [1.807, 2.05) is 18.3 Å². The lowest BCUT2D eigenvalue weighted by atomic mass is 10.2. The first-order valence-corrected chi connectivity index (χ1v) is 6.78. The first-order valence-electron chi connectivity index (χ1n) is 6.78. The van der Waals surface area contributed by atoms with Crippen LogP contribution in [0, 0.1) is 0 Å². The molecule has 0 fully saturated rings. The van der Waals surface area contributed by atoms with Crippen LogP contribution in [0.1, 0.15) is 24.6 Å². The van der Waals surface area contributed by atoms with E-state index in [0.29, 0.717) is 0 Å². The fraction of sp³-hybridized carbons (Fsp3) is 0.400. The van der Waals surface area contributed by atoms with Crippen LogP contribution in [0.5, 0.6) is 5.75 Å². The molecule has 102 valence electrons. The van der Waals surface area contributed by atoms with Crippen LogP contribution < -0.4 is 10.1 Å². The molecular weight excluding hydrogens is 238 g/mol. The van der Waals surface area contributed by atoms with E-state index in [-0.39, 0.29) is 0 Å². The zero-order valence-electron chi connectivity index (χ0n) is 11.4. The molecule has 2 N–H and O–H groups in total. The van der Waals surface area contributed by atoms with E-state index in [4.69, 9.17) is 4.74 Å². The molecule has 4 heteroatoms. The third kappa shape index (κ3) is 4.75. The molecule has 1 aromatic carbocycles. The highest BCUT2D eigenvalue weighted by atomic mass is 16.5. The SMILES string of the molecule is CCCOc1ccc(CNCCc2cnc[nH]2)cc1. The number of ether oxygens (including phenoxy) is 1. The molecule has 2 aromatic rings. The highest BCUT2D eigenvalue weighted by Gasteiger charge is 1.96. The Balaban J connectivity index is 1.68. The van der Waals surface area contributed by atoms with Gasteiger partial charge in [0.2, 0.25) is 0 Å². The van der Waals surface area contributed by atoms with Crippen LogP contribution in [0.25, 0.3) is 0 Å². The van der Waals surface area contributed by atoms with E-state index in [1.165, 1.54) is 5.56 Å². The summed E-state index contributed by atoms with van der Waals surface area (Å²) in [6.07, 6.45) is 5.58. The maximum atomic E-state index is 5.55. The molecule has 0 saturated heterocycles. The van der Waals surface area contributed by atoms with Crippen molar-refractivity contribution in [3.05, 3.63) is 48.0 Å². The number of aromatic amines is 1. The molecule has 1 aromatic heterocycles. The number of imidazole rings is 1. The van der Waals surface area contributed by atoms with Gasteiger partial charge in [0.05, 0.1) is 12.9 Å². The van der Waals surface area contributed by atoms with Crippen molar-refractivity contribution in [1.82, 2.24) is 15.3 Å². The number of H-pyrrole nitrogens is 1. The summed E-state index contributed by atoms with van der Waals surface area (Å²) in [5, 5.41) is 3.41. The zero-order chi connectivity index (χ0) is 13.3. The fourth-order valence-corrected chi connectivity index (χ4v) is 1.80. The van der Waals surface area contributed by atoms with Crippen LogP contribution in [0.15, 0.2) is 36.8 Å². The lowest BCUT2D eigenvalue weighted by Gasteiger charge is -2.07. The second-order valence-electron chi connectivity index (χ2n) is 4.50. The van der Waals surface area contributed by atoms with Gasteiger partial charge in [0.25, 0.3) is 0 Å². The molecule has 0 bridgehead atoms.